The summed E-state index contributed by atoms with van der Waals surface area (Å²) in [6.45, 7) is 13.8. The van der Waals surface area contributed by atoms with Gasteiger partial charge < -0.3 is 10.3 Å². The van der Waals surface area contributed by atoms with Gasteiger partial charge in [0.2, 0.25) is 0 Å². The molecule has 0 atom stereocenters. The molecule has 1 aromatic heterocycles. The van der Waals surface area contributed by atoms with Crippen molar-refractivity contribution >= 4 is 16.7 Å². The van der Waals surface area contributed by atoms with E-state index in [9.17, 15) is 0 Å². The van der Waals surface area contributed by atoms with E-state index in [1.165, 1.54) is 11.3 Å². The quantitative estimate of drug-likeness (QED) is 0.825. The molecule has 1 saturated carbocycles. The van der Waals surface area contributed by atoms with Crippen LogP contribution in [0.25, 0.3) is 11.0 Å². The van der Waals surface area contributed by atoms with Gasteiger partial charge in [-0.3, -0.25) is 0 Å². The van der Waals surface area contributed by atoms with Gasteiger partial charge in [-0.1, -0.05) is 41.5 Å². The Labute approximate surface area is 121 Å². The van der Waals surface area contributed by atoms with Crippen molar-refractivity contribution in [2.75, 3.05) is 5.73 Å². The maximum Gasteiger partial charge on any atom is 0.112 e. The van der Waals surface area contributed by atoms with Gasteiger partial charge in [0, 0.05) is 17.6 Å². The predicted molar refractivity (Wildman–Crippen MR) is 84.8 cm³/mol. The molecule has 2 N–H and O–H groups in total. The Morgan fingerprint density at radius 1 is 1.15 bits per heavy atom. The molecule has 0 bridgehead atoms. The third-order valence-corrected chi connectivity index (χ3v) is 5.46. The second-order valence-electron chi connectivity index (χ2n) is 7.59. The lowest BCUT2D eigenvalue weighted by atomic mass is 10.0. The maximum atomic E-state index is 5.91. The maximum absolute atomic E-state index is 5.91. The highest BCUT2D eigenvalue weighted by molar-refractivity contribution is 5.80. The molecular weight excluding hydrogens is 246 g/mol. The lowest BCUT2D eigenvalue weighted by Crippen LogP contribution is -2.07. The molecule has 0 unspecified atom stereocenters. The zero-order valence-electron chi connectivity index (χ0n) is 13.4. The number of nitrogens with zero attached hydrogens (tertiary/aromatic N) is 2. The first-order chi connectivity index (χ1) is 9.18. The normalized spacial score (nSPS) is 20.8. The molecule has 108 valence electrons. The smallest absolute Gasteiger partial charge is 0.112 e. The summed E-state index contributed by atoms with van der Waals surface area (Å²) in [5, 5.41) is 0. The number of hydrogen-bond acceptors (Lipinski definition) is 2. The van der Waals surface area contributed by atoms with Gasteiger partial charge in [0.15, 0.2) is 0 Å². The van der Waals surface area contributed by atoms with Gasteiger partial charge in [-0.2, -0.15) is 0 Å². The monoisotopic (exact) mass is 271 g/mol. The van der Waals surface area contributed by atoms with Gasteiger partial charge in [0.25, 0.3) is 0 Å². The van der Waals surface area contributed by atoms with Gasteiger partial charge in [0.05, 0.1) is 11.0 Å². The number of fused-ring (bicyclic) bond motifs is 1. The standard InChI is InChI=1S/C17H25N3/c1-10(2)14-19-12-9-11(18)7-8-13(12)20(14)15-16(3,4)17(15,5)6/h7-10,15H,18H2,1-6H3. The molecule has 0 spiro atoms. The molecule has 0 saturated heterocycles. The van der Waals surface area contributed by atoms with Crippen LogP contribution in [0.3, 0.4) is 0 Å². The van der Waals surface area contributed by atoms with Gasteiger partial charge in [-0.15, -0.1) is 0 Å². The molecule has 1 aromatic carbocycles. The van der Waals surface area contributed by atoms with Crippen LogP contribution >= 0.6 is 0 Å². The van der Waals surface area contributed by atoms with E-state index in [0.717, 1.165) is 11.2 Å². The van der Waals surface area contributed by atoms with Crippen LogP contribution in [0.2, 0.25) is 0 Å². The summed E-state index contributed by atoms with van der Waals surface area (Å²) in [5.41, 5.74) is 9.52. The van der Waals surface area contributed by atoms with Crippen molar-refractivity contribution in [3.63, 3.8) is 0 Å². The fraction of sp³-hybridized carbons (Fsp3) is 0.588. The van der Waals surface area contributed by atoms with Crippen LogP contribution in [0.1, 0.15) is 59.3 Å². The Balaban J connectivity index is 2.27. The number of nitrogen functional groups attached to an aromatic ring is 1. The number of nitrogens with two attached hydrogens (primary N) is 1. The van der Waals surface area contributed by atoms with Crippen molar-refractivity contribution in [1.82, 2.24) is 9.55 Å². The second kappa shape index (κ2) is 3.78. The highest BCUT2D eigenvalue weighted by Crippen LogP contribution is 2.72. The molecule has 3 rings (SSSR count). The Kier molecular flexibility index (Phi) is 2.54. The lowest BCUT2D eigenvalue weighted by Gasteiger charge is -2.13. The van der Waals surface area contributed by atoms with E-state index in [1.54, 1.807) is 0 Å². The summed E-state index contributed by atoms with van der Waals surface area (Å²) in [7, 11) is 0. The molecule has 1 heterocycles. The van der Waals surface area contributed by atoms with E-state index in [0.29, 0.717) is 22.8 Å². The number of benzene rings is 1. The van der Waals surface area contributed by atoms with Crippen LogP contribution in [0, 0.1) is 10.8 Å². The Hall–Kier alpha value is -1.51. The summed E-state index contributed by atoms with van der Waals surface area (Å²) in [4.78, 5) is 4.85. The van der Waals surface area contributed by atoms with Gasteiger partial charge >= 0.3 is 0 Å². The molecule has 3 heteroatoms. The molecule has 1 aliphatic carbocycles. The zero-order chi connectivity index (χ0) is 14.9. The fourth-order valence-electron chi connectivity index (χ4n) is 3.62. The van der Waals surface area contributed by atoms with E-state index in [2.05, 4.69) is 52.2 Å². The van der Waals surface area contributed by atoms with Crippen LogP contribution in [-0.4, -0.2) is 9.55 Å². The highest BCUT2D eigenvalue weighted by atomic mass is 15.2. The summed E-state index contributed by atoms with van der Waals surface area (Å²) in [6, 6.07) is 6.59. The second-order valence-corrected chi connectivity index (χ2v) is 7.59. The summed E-state index contributed by atoms with van der Waals surface area (Å²) >= 11 is 0. The van der Waals surface area contributed by atoms with Crippen LogP contribution in [0.5, 0.6) is 0 Å². The first kappa shape index (κ1) is 13.5. The van der Waals surface area contributed by atoms with Crippen molar-refractivity contribution in [2.45, 2.75) is 53.5 Å². The van der Waals surface area contributed by atoms with Crippen molar-refractivity contribution in [2.24, 2.45) is 10.8 Å². The molecule has 2 aromatic rings. The molecule has 0 aliphatic heterocycles. The zero-order valence-corrected chi connectivity index (χ0v) is 13.4. The van der Waals surface area contributed by atoms with E-state index in [4.69, 9.17) is 10.7 Å². The fourth-order valence-corrected chi connectivity index (χ4v) is 3.62. The van der Waals surface area contributed by atoms with Crippen LogP contribution in [-0.2, 0) is 0 Å². The van der Waals surface area contributed by atoms with Crippen LogP contribution in [0.15, 0.2) is 18.2 Å². The lowest BCUT2D eigenvalue weighted by molar-refractivity contribution is 0.457. The Morgan fingerprint density at radius 2 is 1.75 bits per heavy atom. The summed E-state index contributed by atoms with van der Waals surface area (Å²) in [5.74, 6) is 1.59. The average molecular weight is 271 g/mol. The first-order valence-corrected chi connectivity index (χ1v) is 7.45. The Bertz CT molecular complexity index is 663. The SMILES string of the molecule is CC(C)c1nc2cc(N)ccc2n1C1C(C)(C)C1(C)C. The third-order valence-electron chi connectivity index (χ3n) is 5.46. The van der Waals surface area contributed by atoms with Crippen molar-refractivity contribution in [1.29, 1.82) is 0 Å². The number of hydrogen-bond donors (Lipinski definition) is 1. The number of rotatable bonds is 2. The molecule has 0 radical (unpaired) electrons. The number of imidazole rings is 1. The molecular formula is C17H25N3. The van der Waals surface area contributed by atoms with E-state index in [1.807, 2.05) is 12.1 Å². The molecule has 1 fully saturated rings. The van der Waals surface area contributed by atoms with E-state index >= 15 is 0 Å². The minimum Gasteiger partial charge on any atom is -0.399 e. The van der Waals surface area contributed by atoms with E-state index < -0.39 is 0 Å². The average Bonchev–Trinajstić information content (AvgIpc) is 2.64. The summed E-state index contributed by atoms with van der Waals surface area (Å²) < 4.78 is 2.46. The minimum atomic E-state index is 0.297. The minimum absolute atomic E-state index is 0.297. The predicted octanol–water partition coefficient (Wildman–Crippen LogP) is 4.35. The van der Waals surface area contributed by atoms with Crippen LogP contribution in [0.4, 0.5) is 5.69 Å². The van der Waals surface area contributed by atoms with Gasteiger partial charge in [-0.25, -0.2) is 4.98 Å². The van der Waals surface area contributed by atoms with Crippen molar-refractivity contribution in [3.05, 3.63) is 24.0 Å². The molecule has 3 nitrogen and oxygen atoms in total. The van der Waals surface area contributed by atoms with Crippen molar-refractivity contribution < 1.29 is 0 Å². The summed E-state index contributed by atoms with van der Waals surface area (Å²) in [6.07, 6.45) is 0. The van der Waals surface area contributed by atoms with Gasteiger partial charge in [-0.05, 0) is 29.0 Å². The largest absolute Gasteiger partial charge is 0.399 e. The number of aromatic nitrogens is 2. The van der Waals surface area contributed by atoms with Gasteiger partial charge in [0.1, 0.15) is 5.82 Å². The molecule has 0 amide bonds. The third kappa shape index (κ3) is 1.55. The highest BCUT2D eigenvalue weighted by Gasteiger charge is 2.66. The van der Waals surface area contributed by atoms with E-state index in [-0.39, 0.29) is 0 Å². The topological polar surface area (TPSA) is 43.8 Å². The number of anilines is 1. The molecule has 1 aliphatic rings. The van der Waals surface area contributed by atoms with Crippen LogP contribution < -0.4 is 5.73 Å². The molecule has 20 heavy (non-hydrogen) atoms. The Morgan fingerprint density at radius 3 is 2.25 bits per heavy atom. The first-order valence-electron chi connectivity index (χ1n) is 7.45. The van der Waals surface area contributed by atoms with Crippen molar-refractivity contribution in [3.8, 4) is 0 Å².